The normalized spacial score (nSPS) is 11.7. The van der Waals surface area contributed by atoms with Crippen LogP contribution in [-0.2, 0) is 0 Å². The van der Waals surface area contributed by atoms with Crippen LogP contribution in [0.15, 0.2) is 48.5 Å². The number of para-hydroxylation sites is 1. The summed E-state index contributed by atoms with van der Waals surface area (Å²) in [7, 11) is 1.50. The van der Waals surface area contributed by atoms with Gasteiger partial charge in [-0.3, -0.25) is 4.79 Å². The number of hydrogen-bond donors (Lipinski definition) is 1. The summed E-state index contributed by atoms with van der Waals surface area (Å²) in [5, 5.41) is 10.1. The largest absolute Gasteiger partial charge is 0.493 e. The van der Waals surface area contributed by atoms with Gasteiger partial charge in [0.15, 0.2) is 17.8 Å². The molecule has 4 nitrogen and oxygen atoms in total. The fourth-order valence-electron chi connectivity index (χ4n) is 1.87. The highest BCUT2D eigenvalue weighted by Crippen LogP contribution is 2.30. The molecule has 0 amide bonds. The quantitative estimate of drug-likeness (QED) is 0.821. The molecular formula is C16H16O4. The summed E-state index contributed by atoms with van der Waals surface area (Å²) in [5.74, 6) is 0.815. The van der Waals surface area contributed by atoms with E-state index in [0.717, 1.165) is 5.56 Å². The monoisotopic (exact) mass is 272 g/mol. The third kappa shape index (κ3) is 3.16. The van der Waals surface area contributed by atoms with Gasteiger partial charge in [0.25, 0.3) is 0 Å². The van der Waals surface area contributed by atoms with Gasteiger partial charge in [-0.2, -0.15) is 0 Å². The molecule has 1 atom stereocenters. The van der Waals surface area contributed by atoms with Crippen LogP contribution in [-0.4, -0.2) is 25.1 Å². The van der Waals surface area contributed by atoms with Crippen LogP contribution in [0.3, 0.4) is 0 Å². The van der Waals surface area contributed by atoms with Crippen molar-refractivity contribution in [2.75, 3.05) is 13.7 Å². The van der Waals surface area contributed by atoms with Gasteiger partial charge < -0.3 is 14.6 Å². The molecule has 0 aliphatic rings. The van der Waals surface area contributed by atoms with Crippen LogP contribution in [0, 0.1) is 0 Å². The molecular weight excluding hydrogens is 256 g/mol. The van der Waals surface area contributed by atoms with E-state index in [9.17, 15) is 9.90 Å². The first-order valence-corrected chi connectivity index (χ1v) is 6.24. The van der Waals surface area contributed by atoms with Crippen LogP contribution >= 0.6 is 0 Å². The minimum absolute atomic E-state index is 0.0469. The Bertz CT molecular complexity index is 566. The molecule has 4 heteroatoms. The van der Waals surface area contributed by atoms with E-state index < -0.39 is 6.10 Å². The Morgan fingerprint density at radius 1 is 1.15 bits per heavy atom. The number of methoxy groups -OCH3 is 1. The van der Waals surface area contributed by atoms with Crippen LogP contribution < -0.4 is 9.47 Å². The van der Waals surface area contributed by atoms with E-state index in [2.05, 4.69) is 0 Å². The standard InChI is InChI=1S/C16H16O4/c1-19-15-9-5-8-13(10-17)16(15)20-11-14(18)12-6-3-2-4-7-12/h2-10,14,18H,11H2,1H3. The summed E-state index contributed by atoms with van der Waals surface area (Å²) in [6.07, 6.45) is -0.0622. The number of benzene rings is 2. The van der Waals surface area contributed by atoms with E-state index in [4.69, 9.17) is 9.47 Å². The molecule has 1 unspecified atom stereocenters. The number of aldehydes is 1. The summed E-state index contributed by atoms with van der Waals surface area (Å²) >= 11 is 0. The molecule has 20 heavy (non-hydrogen) atoms. The van der Waals surface area contributed by atoms with Gasteiger partial charge in [-0.25, -0.2) is 0 Å². The van der Waals surface area contributed by atoms with Crippen LogP contribution in [0.5, 0.6) is 11.5 Å². The van der Waals surface area contributed by atoms with Crippen molar-refractivity contribution < 1.29 is 19.4 Å². The zero-order valence-electron chi connectivity index (χ0n) is 11.2. The van der Waals surface area contributed by atoms with Gasteiger partial charge in [0.2, 0.25) is 0 Å². The molecule has 0 aliphatic heterocycles. The molecule has 2 rings (SSSR count). The Labute approximate surface area is 117 Å². The van der Waals surface area contributed by atoms with Crippen molar-refractivity contribution in [2.24, 2.45) is 0 Å². The molecule has 2 aromatic rings. The lowest BCUT2D eigenvalue weighted by atomic mass is 10.1. The first-order chi connectivity index (χ1) is 9.76. The molecule has 0 heterocycles. The van der Waals surface area contributed by atoms with Gasteiger partial charge in [0.1, 0.15) is 12.7 Å². The Morgan fingerprint density at radius 3 is 2.55 bits per heavy atom. The summed E-state index contributed by atoms with van der Waals surface area (Å²) in [4.78, 5) is 11.0. The lowest BCUT2D eigenvalue weighted by Gasteiger charge is -2.16. The van der Waals surface area contributed by atoms with Crippen molar-refractivity contribution in [3.63, 3.8) is 0 Å². The number of aliphatic hydroxyl groups is 1. The Hall–Kier alpha value is -2.33. The highest BCUT2D eigenvalue weighted by atomic mass is 16.5. The highest BCUT2D eigenvalue weighted by molar-refractivity contribution is 5.81. The van der Waals surface area contributed by atoms with Crippen molar-refractivity contribution in [2.45, 2.75) is 6.10 Å². The predicted molar refractivity (Wildman–Crippen MR) is 75.3 cm³/mol. The van der Waals surface area contributed by atoms with Crippen molar-refractivity contribution in [1.29, 1.82) is 0 Å². The maximum atomic E-state index is 11.0. The molecule has 0 spiro atoms. The van der Waals surface area contributed by atoms with E-state index >= 15 is 0 Å². The SMILES string of the molecule is COc1cccc(C=O)c1OCC(O)c1ccccc1. The second kappa shape index (κ2) is 6.73. The van der Waals surface area contributed by atoms with Crippen molar-refractivity contribution in [3.8, 4) is 11.5 Å². The fourth-order valence-corrected chi connectivity index (χ4v) is 1.87. The molecule has 2 aromatic carbocycles. The minimum atomic E-state index is -0.763. The second-order valence-electron chi connectivity index (χ2n) is 4.23. The molecule has 1 N–H and O–H groups in total. The highest BCUT2D eigenvalue weighted by Gasteiger charge is 2.13. The van der Waals surface area contributed by atoms with Crippen LogP contribution in [0.2, 0.25) is 0 Å². The minimum Gasteiger partial charge on any atom is -0.493 e. The molecule has 0 bridgehead atoms. The van der Waals surface area contributed by atoms with Crippen molar-refractivity contribution in [1.82, 2.24) is 0 Å². The van der Waals surface area contributed by atoms with Crippen molar-refractivity contribution in [3.05, 3.63) is 59.7 Å². The van der Waals surface area contributed by atoms with E-state index in [1.165, 1.54) is 7.11 Å². The first kappa shape index (κ1) is 14.1. The van der Waals surface area contributed by atoms with Gasteiger partial charge in [0, 0.05) is 0 Å². The van der Waals surface area contributed by atoms with E-state index in [0.29, 0.717) is 23.3 Å². The van der Waals surface area contributed by atoms with Crippen molar-refractivity contribution >= 4 is 6.29 Å². The van der Waals surface area contributed by atoms with Gasteiger partial charge >= 0.3 is 0 Å². The Kier molecular flexibility index (Phi) is 4.74. The third-order valence-electron chi connectivity index (χ3n) is 2.93. The molecule has 104 valence electrons. The number of rotatable bonds is 6. The van der Waals surface area contributed by atoms with Gasteiger partial charge in [0.05, 0.1) is 12.7 Å². The summed E-state index contributed by atoms with van der Waals surface area (Å²) in [5.41, 5.74) is 1.15. The molecule has 0 saturated carbocycles. The molecule has 0 saturated heterocycles. The average molecular weight is 272 g/mol. The van der Waals surface area contributed by atoms with Crippen LogP contribution in [0.1, 0.15) is 22.0 Å². The first-order valence-electron chi connectivity index (χ1n) is 6.24. The number of carbonyl (C=O) groups excluding carboxylic acids is 1. The number of ether oxygens (including phenoxy) is 2. The maximum absolute atomic E-state index is 11.0. The number of hydrogen-bond acceptors (Lipinski definition) is 4. The molecule has 0 radical (unpaired) electrons. The van der Waals surface area contributed by atoms with Gasteiger partial charge in [-0.1, -0.05) is 36.4 Å². The zero-order valence-corrected chi connectivity index (χ0v) is 11.2. The molecule has 0 aliphatic carbocycles. The van der Waals surface area contributed by atoms with Crippen LogP contribution in [0.4, 0.5) is 0 Å². The topological polar surface area (TPSA) is 55.8 Å². The summed E-state index contributed by atoms with van der Waals surface area (Å²) in [6.45, 7) is 0.0469. The van der Waals surface area contributed by atoms with E-state index in [1.807, 2.05) is 30.3 Å². The molecule has 0 fully saturated rings. The summed E-state index contributed by atoms with van der Waals surface area (Å²) < 4.78 is 10.7. The van der Waals surface area contributed by atoms with Gasteiger partial charge in [-0.15, -0.1) is 0 Å². The second-order valence-corrected chi connectivity index (χ2v) is 4.23. The lowest BCUT2D eigenvalue weighted by molar-refractivity contribution is 0.103. The molecule has 0 aromatic heterocycles. The number of aliphatic hydroxyl groups excluding tert-OH is 1. The maximum Gasteiger partial charge on any atom is 0.171 e. The van der Waals surface area contributed by atoms with Crippen LogP contribution in [0.25, 0.3) is 0 Å². The van der Waals surface area contributed by atoms with Gasteiger partial charge in [-0.05, 0) is 17.7 Å². The van der Waals surface area contributed by atoms with E-state index in [1.54, 1.807) is 18.2 Å². The average Bonchev–Trinajstić information content (AvgIpc) is 2.52. The smallest absolute Gasteiger partial charge is 0.171 e. The lowest BCUT2D eigenvalue weighted by Crippen LogP contribution is -2.11. The predicted octanol–water partition coefficient (Wildman–Crippen LogP) is 2.62. The summed E-state index contributed by atoms with van der Waals surface area (Å²) in [6, 6.07) is 14.3. The zero-order chi connectivity index (χ0) is 14.4. The van der Waals surface area contributed by atoms with E-state index in [-0.39, 0.29) is 6.61 Å². The number of carbonyl (C=O) groups is 1. The fraction of sp³-hybridized carbons (Fsp3) is 0.188. The Balaban J connectivity index is 2.13. The Morgan fingerprint density at radius 2 is 1.90 bits per heavy atom. The third-order valence-corrected chi connectivity index (χ3v) is 2.93.